The summed E-state index contributed by atoms with van der Waals surface area (Å²) < 4.78 is 0. The molecule has 1 fully saturated rings. The van der Waals surface area contributed by atoms with Crippen molar-refractivity contribution in [2.24, 2.45) is 0 Å². The second kappa shape index (κ2) is 8.58. The molecular weight excluding hydrogens is 196 g/mol. The van der Waals surface area contributed by atoms with Crippen LogP contribution in [0.2, 0.25) is 0 Å². The lowest BCUT2D eigenvalue weighted by molar-refractivity contribution is 0.510. The molecule has 92 valence electrons. The second-order valence-corrected chi connectivity index (χ2v) is 5.03. The minimum atomic E-state index is 0.114. The minimum absolute atomic E-state index is 0.114. The Morgan fingerprint density at radius 1 is 1.12 bits per heavy atom. The number of unbranched alkanes of at least 4 members (excludes halogenated alkanes) is 6. The second-order valence-electron chi connectivity index (χ2n) is 5.03. The smallest absolute Gasteiger partial charge is 0.0955 e. The average Bonchev–Trinajstić information content (AvgIpc) is 3.10. The van der Waals surface area contributed by atoms with Gasteiger partial charge in [-0.2, -0.15) is 5.26 Å². The standard InChI is InChI=1S/C14H26N2/c1-2-3-4-5-6-7-8-9-14(12-15)16-13-10-11-13/h13-14,16H,2-11H2,1H3. The zero-order chi connectivity index (χ0) is 11.6. The van der Waals surface area contributed by atoms with Gasteiger partial charge < -0.3 is 0 Å². The van der Waals surface area contributed by atoms with Crippen molar-refractivity contribution in [3.8, 4) is 6.07 Å². The summed E-state index contributed by atoms with van der Waals surface area (Å²) >= 11 is 0. The van der Waals surface area contributed by atoms with Gasteiger partial charge in [-0.25, -0.2) is 0 Å². The summed E-state index contributed by atoms with van der Waals surface area (Å²) in [5, 5.41) is 12.4. The Morgan fingerprint density at radius 2 is 1.75 bits per heavy atom. The van der Waals surface area contributed by atoms with Crippen LogP contribution in [0, 0.1) is 11.3 Å². The molecule has 0 heterocycles. The van der Waals surface area contributed by atoms with E-state index in [1.807, 2.05) is 0 Å². The fraction of sp³-hybridized carbons (Fsp3) is 0.929. The molecule has 1 saturated carbocycles. The molecule has 1 atom stereocenters. The predicted molar refractivity (Wildman–Crippen MR) is 68.2 cm³/mol. The first-order valence-electron chi connectivity index (χ1n) is 7.02. The van der Waals surface area contributed by atoms with E-state index in [9.17, 15) is 0 Å². The SMILES string of the molecule is CCCCCCCCCC(C#N)NC1CC1. The first-order chi connectivity index (χ1) is 7.86. The first kappa shape index (κ1) is 13.5. The van der Waals surface area contributed by atoms with E-state index in [1.54, 1.807) is 0 Å². The summed E-state index contributed by atoms with van der Waals surface area (Å²) in [6.45, 7) is 2.25. The van der Waals surface area contributed by atoms with E-state index < -0.39 is 0 Å². The van der Waals surface area contributed by atoms with Crippen LogP contribution in [-0.2, 0) is 0 Å². The molecule has 0 bridgehead atoms. The van der Waals surface area contributed by atoms with Crippen LogP contribution >= 0.6 is 0 Å². The van der Waals surface area contributed by atoms with Gasteiger partial charge in [-0.15, -0.1) is 0 Å². The zero-order valence-electron chi connectivity index (χ0n) is 10.7. The number of rotatable bonds is 10. The monoisotopic (exact) mass is 222 g/mol. The molecule has 1 rings (SSSR count). The van der Waals surface area contributed by atoms with Crippen LogP contribution in [0.15, 0.2) is 0 Å². The van der Waals surface area contributed by atoms with E-state index >= 15 is 0 Å². The summed E-state index contributed by atoms with van der Waals surface area (Å²) in [6.07, 6.45) is 12.9. The molecule has 1 aliphatic carbocycles. The molecule has 0 radical (unpaired) electrons. The number of nitrogens with one attached hydrogen (secondary N) is 1. The Bertz CT molecular complexity index is 203. The van der Waals surface area contributed by atoms with Crippen LogP contribution in [-0.4, -0.2) is 12.1 Å². The highest BCUT2D eigenvalue weighted by molar-refractivity contribution is 4.95. The van der Waals surface area contributed by atoms with Crippen molar-refractivity contribution >= 4 is 0 Å². The van der Waals surface area contributed by atoms with Crippen molar-refractivity contribution in [2.45, 2.75) is 83.2 Å². The van der Waals surface area contributed by atoms with E-state index in [-0.39, 0.29) is 6.04 Å². The predicted octanol–water partition coefficient (Wildman–Crippen LogP) is 3.77. The number of hydrogen-bond donors (Lipinski definition) is 1. The van der Waals surface area contributed by atoms with E-state index in [0.717, 1.165) is 6.42 Å². The van der Waals surface area contributed by atoms with Crippen molar-refractivity contribution in [3.63, 3.8) is 0 Å². The molecule has 0 aromatic heterocycles. The van der Waals surface area contributed by atoms with Crippen molar-refractivity contribution in [3.05, 3.63) is 0 Å². The zero-order valence-corrected chi connectivity index (χ0v) is 10.7. The van der Waals surface area contributed by atoms with Crippen LogP contribution in [0.4, 0.5) is 0 Å². The van der Waals surface area contributed by atoms with Crippen LogP contribution in [0.5, 0.6) is 0 Å². The van der Waals surface area contributed by atoms with Crippen molar-refractivity contribution in [1.29, 1.82) is 5.26 Å². The normalized spacial score (nSPS) is 17.0. The molecule has 0 amide bonds. The van der Waals surface area contributed by atoms with Crippen LogP contribution in [0.3, 0.4) is 0 Å². The minimum Gasteiger partial charge on any atom is -0.299 e. The maximum absolute atomic E-state index is 8.96. The fourth-order valence-corrected chi connectivity index (χ4v) is 2.03. The van der Waals surface area contributed by atoms with Gasteiger partial charge in [-0.1, -0.05) is 51.9 Å². The molecule has 2 nitrogen and oxygen atoms in total. The molecule has 16 heavy (non-hydrogen) atoms. The highest BCUT2D eigenvalue weighted by Gasteiger charge is 2.23. The van der Waals surface area contributed by atoms with Crippen molar-refractivity contribution < 1.29 is 0 Å². The van der Waals surface area contributed by atoms with Gasteiger partial charge in [0, 0.05) is 6.04 Å². The Balaban J connectivity index is 1.86. The summed E-state index contributed by atoms with van der Waals surface area (Å²) in [4.78, 5) is 0. The quantitative estimate of drug-likeness (QED) is 0.571. The molecule has 0 saturated heterocycles. The molecular formula is C14H26N2. The van der Waals surface area contributed by atoms with E-state index in [0.29, 0.717) is 6.04 Å². The molecule has 0 spiro atoms. The molecule has 1 aliphatic rings. The van der Waals surface area contributed by atoms with Gasteiger partial charge in [0.15, 0.2) is 0 Å². The van der Waals surface area contributed by atoms with Crippen molar-refractivity contribution in [2.75, 3.05) is 0 Å². The lowest BCUT2D eigenvalue weighted by Crippen LogP contribution is -2.29. The lowest BCUT2D eigenvalue weighted by Gasteiger charge is -2.09. The third kappa shape index (κ3) is 6.85. The highest BCUT2D eigenvalue weighted by Crippen LogP contribution is 2.20. The van der Waals surface area contributed by atoms with Crippen molar-refractivity contribution in [1.82, 2.24) is 5.32 Å². The fourth-order valence-electron chi connectivity index (χ4n) is 2.03. The van der Waals surface area contributed by atoms with Crippen LogP contribution < -0.4 is 5.32 Å². The summed E-state index contributed by atoms with van der Waals surface area (Å²) in [6, 6.07) is 3.15. The molecule has 0 aromatic carbocycles. The largest absolute Gasteiger partial charge is 0.299 e. The molecule has 0 aromatic rings. The summed E-state index contributed by atoms with van der Waals surface area (Å²) in [5.41, 5.74) is 0. The van der Waals surface area contributed by atoms with E-state index in [4.69, 9.17) is 5.26 Å². The number of hydrogen-bond acceptors (Lipinski definition) is 2. The van der Waals surface area contributed by atoms with Gasteiger partial charge in [0.25, 0.3) is 0 Å². The van der Waals surface area contributed by atoms with Gasteiger partial charge in [0.2, 0.25) is 0 Å². The number of nitrogens with zero attached hydrogens (tertiary/aromatic N) is 1. The maximum atomic E-state index is 8.96. The average molecular weight is 222 g/mol. The molecule has 1 N–H and O–H groups in total. The number of nitriles is 1. The van der Waals surface area contributed by atoms with Gasteiger partial charge in [0.1, 0.15) is 0 Å². The lowest BCUT2D eigenvalue weighted by atomic mass is 10.1. The first-order valence-corrected chi connectivity index (χ1v) is 7.02. The molecule has 0 aliphatic heterocycles. The van der Waals surface area contributed by atoms with Crippen LogP contribution in [0.25, 0.3) is 0 Å². The molecule has 2 heteroatoms. The molecule has 1 unspecified atom stereocenters. The maximum Gasteiger partial charge on any atom is 0.0955 e. The third-order valence-corrected chi connectivity index (χ3v) is 3.27. The Labute approximate surface area is 100 Å². The summed E-state index contributed by atoms with van der Waals surface area (Å²) in [5.74, 6) is 0. The van der Waals surface area contributed by atoms with Gasteiger partial charge in [-0.3, -0.25) is 5.32 Å². The Kier molecular flexibility index (Phi) is 7.25. The third-order valence-electron chi connectivity index (χ3n) is 3.27. The van der Waals surface area contributed by atoms with Crippen LogP contribution in [0.1, 0.15) is 71.1 Å². The van der Waals surface area contributed by atoms with E-state index in [2.05, 4.69) is 18.3 Å². The Morgan fingerprint density at radius 3 is 2.31 bits per heavy atom. The van der Waals surface area contributed by atoms with Gasteiger partial charge >= 0.3 is 0 Å². The Hall–Kier alpha value is -0.550. The van der Waals surface area contributed by atoms with E-state index in [1.165, 1.54) is 57.8 Å². The highest BCUT2D eigenvalue weighted by atomic mass is 15.0. The van der Waals surface area contributed by atoms with Gasteiger partial charge in [-0.05, 0) is 19.3 Å². The summed E-state index contributed by atoms with van der Waals surface area (Å²) in [7, 11) is 0. The topological polar surface area (TPSA) is 35.8 Å². The van der Waals surface area contributed by atoms with Gasteiger partial charge in [0.05, 0.1) is 12.1 Å².